The number of rotatable bonds is 5. The molecule has 0 spiro atoms. The molecule has 0 saturated carbocycles. The number of anilines is 1. The molecule has 118 valence electrons. The van der Waals surface area contributed by atoms with Crippen LogP contribution >= 0.6 is 11.6 Å². The molecule has 0 bridgehead atoms. The summed E-state index contributed by atoms with van der Waals surface area (Å²) in [5, 5.41) is 25.8. The number of amidine groups is 1. The number of halogens is 2. The Morgan fingerprint density at radius 3 is 2.83 bits per heavy atom. The largest absolute Gasteiger partial charge is 0.339 e. The highest BCUT2D eigenvalue weighted by Crippen LogP contribution is 2.20. The average molecular weight is 336 g/mol. The van der Waals surface area contributed by atoms with Gasteiger partial charge >= 0.3 is 0 Å². The molecule has 3 rings (SSSR count). The van der Waals surface area contributed by atoms with Crippen LogP contribution in [0, 0.1) is 11.2 Å². The van der Waals surface area contributed by atoms with Gasteiger partial charge < -0.3 is 9.88 Å². The van der Waals surface area contributed by atoms with Gasteiger partial charge in [0.1, 0.15) is 24.2 Å². The van der Waals surface area contributed by atoms with Crippen molar-refractivity contribution in [2.45, 2.75) is 13.0 Å². The van der Waals surface area contributed by atoms with Gasteiger partial charge in [0.05, 0.1) is 5.02 Å². The zero-order valence-corrected chi connectivity index (χ0v) is 12.5. The van der Waals surface area contributed by atoms with Crippen molar-refractivity contribution >= 4 is 23.1 Å². The first kappa shape index (κ1) is 15.1. The van der Waals surface area contributed by atoms with E-state index in [1.54, 1.807) is 17.2 Å². The zero-order valence-electron chi connectivity index (χ0n) is 11.7. The lowest BCUT2D eigenvalue weighted by Gasteiger charge is -2.07. The van der Waals surface area contributed by atoms with Crippen molar-refractivity contribution in [1.82, 2.24) is 25.1 Å². The van der Waals surface area contributed by atoms with E-state index in [0.29, 0.717) is 24.3 Å². The number of nitrogens with one attached hydrogen (secondary N) is 2. The van der Waals surface area contributed by atoms with Crippen molar-refractivity contribution in [1.29, 1.82) is 5.41 Å². The quantitative estimate of drug-likeness (QED) is 0.546. The van der Waals surface area contributed by atoms with Gasteiger partial charge in [-0.05, 0) is 23.4 Å². The van der Waals surface area contributed by atoms with Crippen molar-refractivity contribution in [3.63, 3.8) is 0 Å². The maximum Gasteiger partial charge on any atom is 0.173 e. The molecule has 8 nitrogen and oxygen atoms in total. The van der Waals surface area contributed by atoms with E-state index >= 15 is 0 Å². The van der Waals surface area contributed by atoms with Gasteiger partial charge in [-0.25, -0.2) is 9.02 Å². The average Bonchev–Trinajstić information content (AvgIpc) is 3.19. The summed E-state index contributed by atoms with van der Waals surface area (Å²) in [6.07, 6.45) is 3.65. The van der Waals surface area contributed by atoms with E-state index in [2.05, 4.69) is 25.8 Å². The van der Waals surface area contributed by atoms with Gasteiger partial charge in [0.2, 0.25) is 0 Å². The van der Waals surface area contributed by atoms with Gasteiger partial charge in [0.25, 0.3) is 0 Å². The van der Waals surface area contributed by atoms with Crippen LogP contribution in [0.15, 0.2) is 35.5 Å². The maximum atomic E-state index is 13.1. The zero-order chi connectivity index (χ0) is 16.2. The summed E-state index contributed by atoms with van der Waals surface area (Å²) in [5.74, 6) is -0.547. The van der Waals surface area contributed by atoms with Crippen LogP contribution in [-0.4, -0.2) is 30.9 Å². The lowest BCUT2D eigenvalue weighted by molar-refractivity contribution is 0.302. The molecular weight excluding hydrogens is 325 g/mol. The van der Waals surface area contributed by atoms with Crippen molar-refractivity contribution in [3.05, 3.63) is 53.1 Å². The second-order valence-electron chi connectivity index (χ2n) is 4.64. The summed E-state index contributed by atoms with van der Waals surface area (Å²) in [5.41, 5.74) is 1.26. The molecule has 0 unspecified atom stereocenters. The van der Waals surface area contributed by atoms with E-state index in [1.807, 2.05) is 0 Å². The second kappa shape index (κ2) is 6.53. The van der Waals surface area contributed by atoms with Gasteiger partial charge in [-0.2, -0.15) is 0 Å². The number of aryl methyl sites for hydroxylation is 2. The molecule has 0 amide bonds. The fourth-order valence-electron chi connectivity index (χ4n) is 1.91. The lowest BCUT2D eigenvalue weighted by Crippen LogP contribution is -2.15. The Morgan fingerprint density at radius 1 is 1.30 bits per heavy atom. The third-order valence-corrected chi connectivity index (χ3v) is 3.35. The third-order valence-electron chi connectivity index (χ3n) is 3.06. The number of benzene rings is 1. The molecule has 0 atom stereocenters. The predicted octanol–water partition coefficient (Wildman–Crippen LogP) is 2.13. The Labute approximate surface area is 134 Å². The summed E-state index contributed by atoms with van der Waals surface area (Å²) >= 11 is 5.71. The Hall–Kier alpha value is -2.81. The number of aromatic nitrogens is 5. The maximum absolute atomic E-state index is 13.1. The lowest BCUT2D eigenvalue weighted by atomic mass is 10.2. The predicted molar refractivity (Wildman–Crippen MR) is 79.9 cm³/mol. The normalized spacial score (nSPS) is 10.7. The fraction of sp³-hybridized carbons (Fsp3) is 0.154. The highest BCUT2D eigenvalue weighted by molar-refractivity contribution is 6.31. The SMILES string of the molecule is N=C(Nc1ccc(F)c(Cl)c1)c1nonc1CCn1cnnc1. The minimum absolute atomic E-state index is 0.0207. The monoisotopic (exact) mass is 335 g/mol. The molecular formula is C13H11ClFN7O. The summed E-state index contributed by atoms with van der Waals surface area (Å²) in [6, 6.07) is 4.07. The fourth-order valence-corrected chi connectivity index (χ4v) is 2.09. The highest BCUT2D eigenvalue weighted by Gasteiger charge is 2.15. The molecule has 3 aromatic rings. The first-order valence-electron chi connectivity index (χ1n) is 6.58. The van der Waals surface area contributed by atoms with Crippen LogP contribution in [-0.2, 0) is 13.0 Å². The van der Waals surface area contributed by atoms with Gasteiger partial charge in [0.15, 0.2) is 11.5 Å². The van der Waals surface area contributed by atoms with Crippen LogP contribution in [0.5, 0.6) is 0 Å². The first-order valence-corrected chi connectivity index (χ1v) is 6.96. The Bertz CT molecular complexity index is 818. The molecule has 23 heavy (non-hydrogen) atoms. The van der Waals surface area contributed by atoms with Crippen LogP contribution in [0.4, 0.5) is 10.1 Å². The topological polar surface area (TPSA) is 106 Å². The summed E-state index contributed by atoms with van der Waals surface area (Å²) in [4.78, 5) is 0. The van der Waals surface area contributed by atoms with Gasteiger partial charge in [-0.3, -0.25) is 5.41 Å². The number of nitrogens with zero attached hydrogens (tertiary/aromatic N) is 5. The van der Waals surface area contributed by atoms with Crippen LogP contribution in [0.2, 0.25) is 5.02 Å². The minimum Gasteiger partial charge on any atom is -0.339 e. The summed E-state index contributed by atoms with van der Waals surface area (Å²) in [7, 11) is 0. The van der Waals surface area contributed by atoms with Gasteiger partial charge in [0, 0.05) is 18.7 Å². The Kier molecular flexibility index (Phi) is 4.29. The van der Waals surface area contributed by atoms with Crippen LogP contribution in [0.1, 0.15) is 11.4 Å². The standard InChI is InChI=1S/C13H11ClFN7O/c14-9-5-8(1-2-10(9)15)19-13(16)12-11(20-23-21-12)3-4-22-6-17-18-7-22/h1-2,5-7H,3-4H2,(H2,16,19). The molecule has 10 heteroatoms. The Morgan fingerprint density at radius 2 is 2.09 bits per heavy atom. The van der Waals surface area contributed by atoms with E-state index in [9.17, 15) is 4.39 Å². The van der Waals surface area contributed by atoms with Crippen molar-refractivity contribution in [2.24, 2.45) is 0 Å². The van der Waals surface area contributed by atoms with Gasteiger partial charge in [-0.1, -0.05) is 16.8 Å². The molecule has 0 radical (unpaired) electrons. The molecule has 0 fully saturated rings. The third kappa shape index (κ3) is 3.51. The first-order chi connectivity index (χ1) is 11.1. The Balaban J connectivity index is 1.70. The molecule has 0 aliphatic carbocycles. The van der Waals surface area contributed by atoms with Crippen molar-refractivity contribution in [3.8, 4) is 0 Å². The van der Waals surface area contributed by atoms with E-state index in [1.165, 1.54) is 18.2 Å². The highest BCUT2D eigenvalue weighted by atomic mass is 35.5. The second-order valence-corrected chi connectivity index (χ2v) is 5.05. The molecule has 1 aromatic carbocycles. The van der Waals surface area contributed by atoms with Crippen molar-refractivity contribution in [2.75, 3.05) is 5.32 Å². The molecule has 0 aliphatic rings. The number of hydrogen-bond acceptors (Lipinski definition) is 6. The summed E-state index contributed by atoms with van der Waals surface area (Å²) in [6.45, 7) is 0.573. The van der Waals surface area contributed by atoms with E-state index in [0.717, 1.165) is 0 Å². The molecule has 2 heterocycles. The molecule has 0 aliphatic heterocycles. The van der Waals surface area contributed by atoms with Crippen molar-refractivity contribution < 1.29 is 9.02 Å². The van der Waals surface area contributed by atoms with Crippen LogP contribution in [0.25, 0.3) is 0 Å². The van der Waals surface area contributed by atoms with Crippen LogP contribution < -0.4 is 5.32 Å². The number of hydrogen-bond donors (Lipinski definition) is 2. The minimum atomic E-state index is -0.526. The van der Waals surface area contributed by atoms with E-state index < -0.39 is 5.82 Å². The molecule has 0 saturated heterocycles. The smallest absolute Gasteiger partial charge is 0.173 e. The molecule has 2 aromatic heterocycles. The molecule has 2 N–H and O–H groups in total. The van der Waals surface area contributed by atoms with Crippen LogP contribution in [0.3, 0.4) is 0 Å². The van der Waals surface area contributed by atoms with E-state index in [4.69, 9.17) is 21.6 Å². The van der Waals surface area contributed by atoms with Gasteiger partial charge in [-0.15, -0.1) is 10.2 Å². The van der Waals surface area contributed by atoms with E-state index in [-0.39, 0.29) is 16.6 Å². The summed E-state index contributed by atoms with van der Waals surface area (Å²) < 4.78 is 19.6.